The molecule has 4 aromatic rings. The Hall–Kier alpha value is -2.69. The summed E-state index contributed by atoms with van der Waals surface area (Å²) >= 11 is 0. The normalized spacial score (nSPS) is 12.3. The Kier molecular flexibility index (Phi) is 6.64. The first-order chi connectivity index (χ1) is 15.5. The average Bonchev–Trinajstić information content (AvgIpc) is 2.86. The zero-order chi connectivity index (χ0) is 22.6. The van der Waals surface area contributed by atoms with Gasteiger partial charge in [-0.1, -0.05) is 169 Å². The molecule has 0 nitrogen and oxygen atoms in total. The van der Waals surface area contributed by atoms with Crippen LogP contribution in [0.3, 0.4) is 0 Å². The molecule has 0 atom stereocenters. The van der Waals surface area contributed by atoms with Gasteiger partial charge in [-0.2, -0.15) is 0 Å². The highest BCUT2D eigenvalue weighted by Crippen LogP contribution is 2.38. The Morgan fingerprint density at radius 1 is 0.406 bits per heavy atom. The van der Waals surface area contributed by atoms with E-state index in [1.54, 1.807) is 0 Å². The second kappa shape index (κ2) is 9.44. The van der Waals surface area contributed by atoms with E-state index in [2.05, 4.69) is 148 Å². The summed E-state index contributed by atoms with van der Waals surface area (Å²) in [7, 11) is -4.27. The van der Waals surface area contributed by atoms with E-state index in [1.807, 2.05) is 0 Å². The quantitative estimate of drug-likeness (QED) is 0.334. The van der Waals surface area contributed by atoms with Gasteiger partial charge in [-0.3, -0.25) is 0 Å². The van der Waals surface area contributed by atoms with Crippen LogP contribution in [0.4, 0.5) is 0 Å². The van der Waals surface area contributed by atoms with Gasteiger partial charge in [0.2, 0.25) is 0 Å². The van der Waals surface area contributed by atoms with Crippen molar-refractivity contribution in [2.75, 3.05) is 0 Å². The minimum atomic E-state index is -2.13. The van der Waals surface area contributed by atoms with Gasteiger partial charge in [0.15, 0.2) is 0 Å². The fourth-order valence-electron chi connectivity index (χ4n) is 6.10. The molecule has 0 spiro atoms. The molecule has 0 fully saturated rings. The lowest BCUT2D eigenvalue weighted by Crippen LogP contribution is -2.73. The van der Waals surface area contributed by atoms with Crippen LogP contribution in [0.25, 0.3) is 0 Å². The van der Waals surface area contributed by atoms with E-state index in [1.165, 1.54) is 20.7 Å². The van der Waals surface area contributed by atoms with Crippen LogP contribution in [-0.4, -0.2) is 16.1 Å². The summed E-state index contributed by atoms with van der Waals surface area (Å²) in [5, 5.41) is 6.74. The van der Waals surface area contributed by atoms with Crippen molar-refractivity contribution >= 4 is 36.9 Å². The van der Waals surface area contributed by atoms with Crippen molar-refractivity contribution in [3.63, 3.8) is 0 Å². The topological polar surface area (TPSA) is 0 Å². The largest absolute Gasteiger partial charge is 0.116 e. The Morgan fingerprint density at radius 2 is 0.625 bits per heavy atom. The summed E-state index contributed by atoms with van der Waals surface area (Å²) < 4.78 is 0. The molecule has 0 N–H and O–H groups in total. The van der Waals surface area contributed by atoms with Crippen molar-refractivity contribution in [3.8, 4) is 0 Å². The summed E-state index contributed by atoms with van der Waals surface area (Å²) in [6.07, 6.45) is 0. The molecule has 0 aliphatic carbocycles. The predicted molar refractivity (Wildman–Crippen MR) is 146 cm³/mol. The van der Waals surface area contributed by atoms with E-state index < -0.39 is 16.1 Å². The standard InChI is InChI=1S/C30H34Si2/c1-25(2)30(31(3,26-17-9-5-10-18-26)27-19-11-6-12-20-27)32(4,28-21-13-7-14-22-28)29-23-15-8-16-24-29/h5-25,30H,1-4H3. The van der Waals surface area contributed by atoms with Gasteiger partial charge >= 0.3 is 0 Å². The number of benzene rings is 4. The molecule has 0 unspecified atom stereocenters. The van der Waals surface area contributed by atoms with E-state index in [0.29, 0.717) is 11.1 Å². The lowest BCUT2D eigenvalue weighted by molar-refractivity contribution is 0.675. The van der Waals surface area contributed by atoms with Crippen molar-refractivity contribution < 1.29 is 0 Å². The Labute approximate surface area is 196 Å². The maximum Gasteiger partial charge on any atom is 0.116 e. The molecule has 0 aromatic heterocycles. The molecule has 0 amide bonds. The van der Waals surface area contributed by atoms with Gasteiger partial charge in [-0.05, 0) is 11.1 Å². The number of rotatable bonds is 7. The Balaban J connectivity index is 2.06. The molecule has 4 aromatic carbocycles. The van der Waals surface area contributed by atoms with Gasteiger partial charge in [0.1, 0.15) is 16.1 Å². The highest BCUT2D eigenvalue weighted by Gasteiger charge is 2.53. The van der Waals surface area contributed by atoms with E-state index >= 15 is 0 Å². The molecule has 0 aliphatic heterocycles. The van der Waals surface area contributed by atoms with Crippen LogP contribution in [0.15, 0.2) is 121 Å². The summed E-state index contributed by atoms with van der Waals surface area (Å²) in [5.41, 5.74) is 0. The second-order valence-corrected chi connectivity index (χ2v) is 18.5. The Bertz CT molecular complexity index is 939. The molecule has 0 radical (unpaired) electrons. The zero-order valence-corrected chi connectivity index (χ0v) is 21.7. The fourth-order valence-corrected chi connectivity index (χ4v) is 21.0. The highest BCUT2D eigenvalue weighted by atomic mass is 28.4. The lowest BCUT2D eigenvalue weighted by Gasteiger charge is -2.49. The van der Waals surface area contributed by atoms with Crippen LogP contribution in [0, 0.1) is 5.92 Å². The average molecular weight is 451 g/mol. The third kappa shape index (κ3) is 3.94. The molecular formula is C30H34Si2. The molecule has 0 bridgehead atoms. The first kappa shape index (κ1) is 22.5. The first-order valence-corrected chi connectivity index (χ1v) is 16.9. The number of hydrogen-bond acceptors (Lipinski definition) is 0. The fraction of sp³-hybridized carbons (Fsp3) is 0.200. The van der Waals surface area contributed by atoms with Gasteiger partial charge < -0.3 is 0 Å². The van der Waals surface area contributed by atoms with E-state index in [-0.39, 0.29) is 0 Å². The smallest absolute Gasteiger partial charge is 0.0630 e. The van der Waals surface area contributed by atoms with Gasteiger partial charge in [0.05, 0.1) is 0 Å². The monoisotopic (exact) mass is 450 g/mol. The van der Waals surface area contributed by atoms with E-state index in [4.69, 9.17) is 0 Å². The summed E-state index contributed by atoms with van der Waals surface area (Å²) in [4.78, 5) is 0. The zero-order valence-electron chi connectivity index (χ0n) is 19.7. The van der Waals surface area contributed by atoms with Crippen molar-refractivity contribution in [2.24, 2.45) is 5.92 Å². The van der Waals surface area contributed by atoms with Crippen LogP contribution < -0.4 is 20.7 Å². The highest BCUT2D eigenvalue weighted by molar-refractivity contribution is 7.18. The molecule has 0 saturated heterocycles. The lowest BCUT2D eigenvalue weighted by atomic mass is 10.3. The van der Waals surface area contributed by atoms with Crippen molar-refractivity contribution in [1.29, 1.82) is 0 Å². The molecule has 32 heavy (non-hydrogen) atoms. The molecule has 162 valence electrons. The summed E-state index contributed by atoms with van der Waals surface area (Å²) in [5.74, 6) is 0.559. The summed E-state index contributed by atoms with van der Waals surface area (Å²) in [6.45, 7) is 10.2. The minimum absolute atomic E-state index is 0.559. The number of hydrogen-bond donors (Lipinski definition) is 0. The van der Waals surface area contributed by atoms with E-state index in [9.17, 15) is 0 Å². The molecule has 4 rings (SSSR count). The Morgan fingerprint density at radius 3 is 0.812 bits per heavy atom. The SMILES string of the molecule is CC(C)C([Si](C)(c1ccccc1)c1ccccc1)[Si](C)(c1ccccc1)c1ccccc1. The summed E-state index contributed by atoms with van der Waals surface area (Å²) in [6, 6.07) is 45.5. The molecule has 0 heterocycles. The maximum absolute atomic E-state index is 2.62. The van der Waals surface area contributed by atoms with E-state index in [0.717, 1.165) is 0 Å². The minimum Gasteiger partial charge on any atom is -0.0630 e. The van der Waals surface area contributed by atoms with Crippen LogP contribution in [-0.2, 0) is 0 Å². The predicted octanol–water partition coefficient (Wildman–Crippen LogP) is 5.34. The van der Waals surface area contributed by atoms with Crippen LogP contribution in [0.5, 0.6) is 0 Å². The second-order valence-electron chi connectivity index (χ2n) is 9.59. The molecule has 0 aliphatic rings. The van der Waals surface area contributed by atoms with Gasteiger partial charge in [0, 0.05) is 0 Å². The molecule has 0 saturated carbocycles. The molecular weight excluding hydrogens is 417 g/mol. The third-order valence-electron chi connectivity index (χ3n) is 7.40. The van der Waals surface area contributed by atoms with Gasteiger partial charge in [-0.25, -0.2) is 0 Å². The van der Waals surface area contributed by atoms with Crippen molar-refractivity contribution in [3.05, 3.63) is 121 Å². The van der Waals surface area contributed by atoms with Crippen molar-refractivity contribution in [2.45, 2.75) is 32.1 Å². The first-order valence-electron chi connectivity index (χ1n) is 11.7. The maximum atomic E-state index is 2.62. The van der Waals surface area contributed by atoms with Crippen molar-refractivity contribution in [1.82, 2.24) is 0 Å². The van der Waals surface area contributed by atoms with Crippen LogP contribution >= 0.6 is 0 Å². The third-order valence-corrected chi connectivity index (χ3v) is 20.8. The van der Waals surface area contributed by atoms with Crippen LogP contribution in [0.2, 0.25) is 18.3 Å². The van der Waals surface area contributed by atoms with Crippen LogP contribution in [0.1, 0.15) is 13.8 Å². The van der Waals surface area contributed by atoms with Gasteiger partial charge in [0.25, 0.3) is 0 Å². The van der Waals surface area contributed by atoms with Gasteiger partial charge in [-0.15, -0.1) is 0 Å². The molecule has 2 heteroatoms.